The molecule has 2 aromatic carbocycles. The van der Waals surface area contributed by atoms with Gasteiger partial charge in [-0.1, -0.05) is 30.7 Å². The third-order valence-corrected chi connectivity index (χ3v) is 5.25. The van der Waals surface area contributed by atoms with Crippen molar-refractivity contribution in [1.29, 1.82) is 0 Å². The third kappa shape index (κ3) is 4.56. The minimum Gasteiger partial charge on any atom is -0.352 e. The first-order valence-electron chi connectivity index (χ1n) is 10.3. The average Bonchev–Trinajstić information content (AvgIpc) is 3.01. The monoisotopic (exact) mass is 403 g/mol. The third-order valence-electron chi connectivity index (χ3n) is 5.25. The van der Waals surface area contributed by atoms with E-state index in [4.69, 9.17) is 0 Å². The Morgan fingerprint density at radius 2 is 1.87 bits per heavy atom. The van der Waals surface area contributed by atoms with Crippen LogP contribution >= 0.6 is 0 Å². The Kier molecular flexibility index (Phi) is 5.88. The van der Waals surface area contributed by atoms with Crippen LogP contribution in [0.25, 0.3) is 11.4 Å². The van der Waals surface area contributed by atoms with Gasteiger partial charge in [-0.25, -0.2) is 0 Å². The van der Waals surface area contributed by atoms with Gasteiger partial charge in [-0.3, -0.25) is 9.59 Å². The number of amides is 2. The molecule has 0 spiro atoms. The van der Waals surface area contributed by atoms with Gasteiger partial charge in [0.15, 0.2) is 5.82 Å². The molecule has 30 heavy (non-hydrogen) atoms. The van der Waals surface area contributed by atoms with Crippen LogP contribution in [0.1, 0.15) is 47.9 Å². The normalized spacial score (nSPS) is 13.2. The van der Waals surface area contributed by atoms with Crippen LogP contribution in [0.5, 0.6) is 0 Å². The molecule has 0 fully saturated rings. The molecule has 2 heterocycles. The van der Waals surface area contributed by atoms with Gasteiger partial charge in [0.1, 0.15) is 5.82 Å². The number of hydrogen-bond donors (Lipinski definition) is 2. The van der Waals surface area contributed by atoms with Crippen molar-refractivity contribution in [2.24, 2.45) is 0 Å². The van der Waals surface area contributed by atoms with Crippen molar-refractivity contribution in [1.82, 2.24) is 20.1 Å². The first-order chi connectivity index (χ1) is 14.6. The maximum Gasteiger partial charge on any atom is 0.255 e. The Bertz CT molecular complexity index is 1060. The van der Waals surface area contributed by atoms with Crippen molar-refractivity contribution in [3.63, 3.8) is 0 Å². The number of nitrogens with zero attached hydrogens (tertiary/aromatic N) is 3. The first-order valence-corrected chi connectivity index (χ1v) is 10.3. The van der Waals surface area contributed by atoms with Crippen LogP contribution in [0.4, 0.5) is 5.69 Å². The van der Waals surface area contributed by atoms with E-state index in [-0.39, 0.29) is 11.8 Å². The molecular formula is C23H25N5O2. The molecule has 0 saturated carbocycles. The molecule has 3 aromatic rings. The lowest BCUT2D eigenvalue weighted by Crippen LogP contribution is -2.19. The van der Waals surface area contributed by atoms with Gasteiger partial charge < -0.3 is 15.2 Å². The molecule has 0 radical (unpaired) electrons. The van der Waals surface area contributed by atoms with E-state index >= 15 is 0 Å². The lowest BCUT2D eigenvalue weighted by molar-refractivity contribution is -0.119. The number of aryl methyl sites for hydroxylation is 1. The van der Waals surface area contributed by atoms with Crippen LogP contribution in [0, 0.1) is 0 Å². The second kappa shape index (κ2) is 8.90. The molecule has 2 amide bonds. The van der Waals surface area contributed by atoms with Crippen molar-refractivity contribution in [3.05, 3.63) is 65.5 Å². The second-order valence-electron chi connectivity index (χ2n) is 7.54. The van der Waals surface area contributed by atoms with Crippen LogP contribution in [0.3, 0.4) is 0 Å². The van der Waals surface area contributed by atoms with Gasteiger partial charge in [0.05, 0.1) is 0 Å². The van der Waals surface area contributed by atoms with E-state index in [0.717, 1.165) is 48.6 Å². The summed E-state index contributed by atoms with van der Waals surface area (Å²) in [7, 11) is 0. The summed E-state index contributed by atoms with van der Waals surface area (Å²) in [6.07, 6.45) is 4.45. The minimum absolute atomic E-state index is 0.0822. The van der Waals surface area contributed by atoms with Crippen LogP contribution < -0.4 is 10.6 Å². The van der Waals surface area contributed by atoms with E-state index < -0.39 is 0 Å². The van der Waals surface area contributed by atoms with E-state index in [1.807, 2.05) is 36.4 Å². The smallest absolute Gasteiger partial charge is 0.255 e. The number of fused-ring (bicyclic) bond motifs is 1. The molecule has 1 aromatic heterocycles. The standard InChI is InChI=1S/C23H25N5O2/c1-16(29)24-15-17-9-11-18(12-10-17)23(30)25-20-7-5-6-19(14-20)22-27-26-21-8-3-2-4-13-28(21)22/h5-7,9-12,14H,2-4,8,13,15H2,1H3,(H,24,29)(H,25,30). The summed E-state index contributed by atoms with van der Waals surface area (Å²) in [4.78, 5) is 23.7. The van der Waals surface area contributed by atoms with Crippen molar-refractivity contribution in [2.45, 2.75) is 45.7 Å². The number of anilines is 1. The predicted octanol–water partition coefficient (Wildman–Crippen LogP) is 3.56. The molecule has 2 N–H and O–H groups in total. The fourth-order valence-corrected chi connectivity index (χ4v) is 3.64. The maximum atomic E-state index is 12.7. The molecule has 4 rings (SSSR count). The minimum atomic E-state index is -0.182. The van der Waals surface area contributed by atoms with Crippen molar-refractivity contribution < 1.29 is 9.59 Å². The van der Waals surface area contributed by atoms with Gasteiger partial charge in [-0.15, -0.1) is 10.2 Å². The quantitative estimate of drug-likeness (QED) is 0.682. The van der Waals surface area contributed by atoms with Crippen LogP contribution in [-0.2, 0) is 24.3 Å². The Balaban J connectivity index is 1.48. The van der Waals surface area contributed by atoms with E-state index in [2.05, 4.69) is 25.4 Å². The van der Waals surface area contributed by atoms with Crippen molar-refractivity contribution in [3.8, 4) is 11.4 Å². The molecule has 0 aliphatic carbocycles. The second-order valence-corrected chi connectivity index (χ2v) is 7.54. The van der Waals surface area contributed by atoms with Gasteiger partial charge in [-0.2, -0.15) is 0 Å². The number of aromatic nitrogens is 3. The van der Waals surface area contributed by atoms with Crippen LogP contribution in [-0.4, -0.2) is 26.6 Å². The maximum absolute atomic E-state index is 12.7. The van der Waals surface area contributed by atoms with Gasteiger partial charge >= 0.3 is 0 Å². The highest BCUT2D eigenvalue weighted by atomic mass is 16.2. The van der Waals surface area contributed by atoms with Gasteiger partial charge in [0, 0.05) is 43.2 Å². The Hall–Kier alpha value is -3.48. The van der Waals surface area contributed by atoms with E-state index in [1.165, 1.54) is 13.3 Å². The number of carbonyl (C=O) groups is 2. The Labute approximate surface area is 175 Å². The highest BCUT2D eigenvalue weighted by Crippen LogP contribution is 2.25. The Morgan fingerprint density at radius 1 is 1.03 bits per heavy atom. The van der Waals surface area contributed by atoms with E-state index in [0.29, 0.717) is 17.8 Å². The number of benzene rings is 2. The molecule has 154 valence electrons. The fraction of sp³-hybridized carbons (Fsp3) is 0.304. The first kappa shape index (κ1) is 19.8. The summed E-state index contributed by atoms with van der Waals surface area (Å²) < 4.78 is 2.20. The summed E-state index contributed by atoms with van der Waals surface area (Å²) >= 11 is 0. The molecular weight excluding hydrogens is 378 g/mol. The number of rotatable bonds is 5. The molecule has 0 atom stereocenters. The van der Waals surface area contributed by atoms with Gasteiger partial charge in [0.2, 0.25) is 5.91 Å². The van der Waals surface area contributed by atoms with Crippen molar-refractivity contribution in [2.75, 3.05) is 5.32 Å². The van der Waals surface area contributed by atoms with Gasteiger partial charge in [-0.05, 0) is 42.7 Å². The fourth-order valence-electron chi connectivity index (χ4n) is 3.64. The summed E-state index contributed by atoms with van der Waals surface area (Å²) in [5, 5.41) is 14.5. The van der Waals surface area contributed by atoms with E-state index in [9.17, 15) is 9.59 Å². The van der Waals surface area contributed by atoms with Gasteiger partial charge in [0.25, 0.3) is 5.91 Å². The topological polar surface area (TPSA) is 88.9 Å². The highest BCUT2D eigenvalue weighted by molar-refractivity contribution is 6.04. The molecule has 0 saturated heterocycles. The predicted molar refractivity (Wildman–Crippen MR) is 115 cm³/mol. The molecule has 7 heteroatoms. The zero-order chi connectivity index (χ0) is 20.9. The van der Waals surface area contributed by atoms with Crippen molar-refractivity contribution >= 4 is 17.5 Å². The summed E-state index contributed by atoms with van der Waals surface area (Å²) in [5.41, 5.74) is 3.16. The zero-order valence-corrected chi connectivity index (χ0v) is 17.0. The molecule has 7 nitrogen and oxygen atoms in total. The Morgan fingerprint density at radius 3 is 2.67 bits per heavy atom. The largest absolute Gasteiger partial charge is 0.352 e. The summed E-state index contributed by atoms with van der Waals surface area (Å²) in [6.45, 7) is 2.86. The number of carbonyl (C=O) groups excluding carboxylic acids is 2. The lowest BCUT2D eigenvalue weighted by atomic mass is 10.1. The summed E-state index contributed by atoms with van der Waals surface area (Å²) in [5.74, 6) is 1.63. The zero-order valence-electron chi connectivity index (χ0n) is 17.0. The number of nitrogens with one attached hydrogen (secondary N) is 2. The molecule has 0 unspecified atom stereocenters. The number of hydrogen-bond acceptors (Lipinski definition) is 4. The summed E-state index contributed by atoms with van der Waals surface area (Å²) in [6, 6.07) is 14.9. The highest BCUT2D eigenvalue weighted by Gasteiger charge is 2.16. The molecule has 0 bridgehead atoms. The SMILES string of the molecule is CC(=O)NCc1ccc(C(=O)Nc2cccc(-c3nnc4n3CCCCC4)c2)cc1. The molecule has 1 aliphatic rings. The molecule has 1 aliphatic heterocycles. The average molecular weight is 403 g/mol. The van der Waals surface area contributed by atoms with Crippen LogP contribution in [0.2, 0.25) is 0 Å². The lowest BCUT2D eigenvalue weighted by Gasteiger charge is -2.10. The van der Waals surface area contributed by atoms with Crippen LogP contribution in [0.15, 0.2) is 48.5 Å². The van der Waals surface area contributed by atoms with E-state index in [1.54, 1.807) is 12.1 Å².